The van der Waals surface area contributed by atoms with Gasteiger partial charge in [0.1, 0.15) is 12.4 Å². The van der Waals surface area contributed by atoms with Gasteiger partial charge in [0, 0.05) is 19.6 Å². The number of nitrogens with one attached hydrogen (secondary N) is 2. The lowest BCUT2D eigenvalue weighted by Crippen LogP contribution is -2.45. The largest absolute Gasteiger partial charge is 0.356 e. The Labute approximate surface area is 170 Å². The molecular formula is C21H39N7. The van der Waals surface area contributed by atoms with Gasteiger partial charge in [0.15, 0.2) is 11.8 Å². The molecule has 2 fully saturated rings. The van der Waals surface area contributed by atoms with Crippen LogP contribution in [0.15, 0.2) is 4.99 Å². The second-order valence-corrected chi connectivity index (χ2v) is 8.67. The van der Waals surface area contributed by atoms with Gasteiger partial charge in [-0.2, -0.15) is 0 Å². The number of hydrogen-bond acceptors (Lipinski definition) is 4. The summed E-state index contributed by atoms with van der Waals surface area (Å²) in [7, 11) is 2.00. The predicted octanol–water partition coefficient (Wildman–Crippen LogP) is 2.61. The summed E-state index contributed by atoms with van der Waals surface area (Å²) in [5.74, 6) is 3.66. The first-order valence-electron chi connectivity index (χ1n) is 11.2. The number of piperidine rings is 1. The number of hydrogen-bond donors (Lipinski definition) is 2. The molecule has 1 aromatic rings. The molecule has 3 rings (SSSR count). The minimum Gasteiger partial charge on any atom is -0.356 e. The average molecular weight is 390 g/mol. The summed E-state index contributed by atoms with van der Waals surface area (Å²) in [5, 5.41) is 15.6. The van der Waals surface area contributed by atoms with Gasteiger partial charge in [0.05, 0.1) is 0 Å². The number of guanidine groups is 1. The third kappa shape index (κ3) is 6.47. The molecule has 7 heteroatoms. The Bertz CT molecular complexity index is 610. The molecule has 1 saturated heterocycles. The maximum absolute atomic E-state index is 4.81. The molecule has 0 bridgehead atoms. The first-order chi connectivity index (χ1) is 13.6. The first kappa shape index (κ1) is 21.1. The van der Waals surface area contributed by atoms with E-state index in [1.807, 2.05) is 18.5 Å². The number of aryl methyl sites for hydroxylation is 1. The Morgan fingerprint density at radius 1 is 1.11 bits per heavy atom. The molecular weight excluding hydrogens is 350 g/mol. The van der Waals surface area contributed by atoms with Crippen molar-refractivity contribution >= 4 is 5.96 Å². The minimum absolute atomic E-state index is 0.546. The fourth-order valence-electron chi connectivity index (χ4n) is 4.13. The topological polar surface area (TPSA) is 70.4 Å². The quantitative estimate of drug-likeness (QED) is 0.426. The highest BCUT2D eigenvalue weighted by Gasteiger charge is 2.16. The van der Waals surface area contributed by atoms with Crippen molar-refractivity contribution < 1.29 is 0 Å². The van der Waals surface area contributed by atoms with Crippen LogP contribution in [0.2, 0.25) is 0 Å². The van der Waals surface area contributed by atoms with Gasteiger partial charge in [-0.3, -0.25) is 0 Å². The van der Waals surface area contributed by atoms with E-state index in [4.69, 9.17) is 4.99 Å². The van der Waals surface area contributed by atoms with Crippen LogP contribution in [0.3, 0.4) is 0 Å². The third-order valence-corrected chi connectivity index (χ3v) is 6.33. The molecule has 158 valence electrons. The molecule has 0 unspecified atom stereocenters. The summed E-state index contributed by atoms with van der Waals surface area (Å²) in [4.78, 5) is 7.42. The van der Waals surface area contributed by atoms with Crippen molar-refractivity contribution in [2.24, 2.45) is 18.0 Å². The number of likely N-dealkylation sites (tertiary alicyclic amines) is 1. The standard InChI is InChI=1S/C21H39N7/c1-17-10-14-28(15-11-17)13-7-12-22-21(24-19-8-5-4-6-9-19)23-16-20-26-25-18(2)27(20)3/h17,19H,4-16H2,1-3H3,(H2,22,23,24). The van der Waals surface area contributed by atoms with E-state index < -0.39 is 0 Å². The Morgan fingerprint density at radius 2 is 1.86 bits per heavy atom. The van der Waals surface area contributed by atoms with Crippen LogP contribution in [-0.4, -0.2) is 57.8 Å². The summed E-state index contributed by atoms with van der Waals surface area (Å²) < 4.78 is 2.01. The van der Waals surface area contributed by atoms with E-state index in [1.54, 1.807) is 0 Å². The van der Waals surface area contributed by atoms with E-state index >= 15 is 0 Å². The van der Waals surface area contributed by atoms with E-state index in [0.717, 1.165) is 36.5 Å². The summed E-state index contributed by atoms with van der Waals surface area (Å²) in [6.07, 6.45) is 10.3. The molecule has 1 aliphatic carbocycles. The molecule has 1 aliphatic heterocycles. The van der Waals surface area contributed by atoms with Crippen LogP contribution >= 0.6 is 0 Å². The van der Waals surface area contributed by atoms with E-state index in [-0.39, 0.29) is 0 Å². The predicted molar refractivity (Wildman–Crippen MR) is 114 cm³/mol. The SMILES string of the molecule is Cc1nnc(CN=C(NCCCN2CCC(C)CC2)NC2CCCCC2)n1C. The Kier molecular flexibility index (Phi) is 8.13. The molecule has 2 heterocycles. The lowest BCUT2D eigenvalue weighted by Gasteiger charge is -2.30. The van der Waals surface area contributed by atoms with Crippen molar-refractivity contribution in [3.63, 3.8) is 0 Å². The summed E-state index contributed by atoms with van der Waals surface area (Å²) in [6, 6.07) is 0.546. The molecule has 0 atom stereocenters. The molecule has 0 amide bonds. The lowest BCUT2D eigenvalue weighted by molar-refractivity contribution is 0.191. The van der Waals surface area contributed by atoms with Crippen LogP contribution in [0.5, 0.6) is 0 Å². The van der Waals surface area contributed by atoms with Crippen LogP contribution in [0.25, 0.3) is 0 Å². The summed E-state index contributed by atoms with van der Waals surface area (Å²) in [6.45, 7) is 9.56. The molecule has 1 aromatic heterocycles. The van der Waals surface area contributed by atoms with Crippen LogP contribution in [0.1, 0.15) is 69.9 Å². The molecule has 1 saturated carbocycles. The van der Waals surface area contributed by atoms with Crippen molar-refractivity contribution in [3.8, 4) is 0 Å². The second-order valence-electron chi connectivity index (χ2n) is 8.67. The molecule has 2 aliphatic rings. The molecule has 0 spiro atoms. The smallest absolute Gasteiger partial charge is 0.191 e. The highest BCUT2D eigenvalue weighted by atomic mass is 15.3. The summed E-state index contributed by atoms with van der Waals surface area (Å²) >= 11 is 0. The molecule has 28 heavy (non-hydrogen) atoms. The summed E-state index contributed by atoms with van der Waals surface area (Å²) in [5.41, 5.74) is 0. The molecule has 2 N–H and O–H groups in total. The molecule has 0 radical (unpaired) electrons. The van der Waals surface area contributed by atoms with Gasteiger partial charge in [-0.05, 0) is 64.6 Å². The zero-order valence-corrected chi connectivity index (χ0v) is 18.1. The van der Waals surface area contributed by atoms with Crippen LogP contribution in [0.4, 0.5) is 0 Å². The van der Waals surface area contributed by atoms with Crippen LogP contribution in [0, 0.1) is 12.8 Å². The van der Waals surface area contributed by atoms with Crippen molar-refractivity contribution in [2.75, 3.05) is 26.2 Å². The van der Waals surface area contributed by atoms with E-state index in [9.17, 15) is 0 Å². The maximum Gasteiger partial charge on any atom is 0.191 e. The first-order valence-corrected chi connectivity index (χ1v) is 11.2. The van der Waals surface area contributed by atoms with Crippen molar-refractivity contribution in [1.29, 1.82) is 0 Å². The van der Waals surface area contributed by atoms with Gasteiger partial charge in [0.2, 0.25) is 0 Å². The van der Waals surface area contributed by atoms with Crippen molar-refractivity contribution in [1.82, 2.24) is 30.3 Å². The second kappa shape index (κ2) is 10.8. The lowest BCUT2D eigenvalue weighted by atomic mass is 9.96. The Morgan fingerprint density at radius 3 is 2.54 bits per heavy atom. The highest BCUT2D eigenvalue weighted by Crippen LogP contribution is 2.17. The highest BCUT2D eigenvalue weighted by molar-refractivity contribution is 5.80. The number of rotatable bonds is 7. The van der Waals surface area contributed by atoms with Gasteiger partial charge < -0.3 is 20.1 Å². The zero-order chi connectivity index (χ0) is 19.8. The third-order valence-electron chi connectivity index (χ3n) is 6.33. The molecule has 7 nitrogen and oxygen atoms in total. The van der Waals surface area contributed by atoms with Gasteiger partial charge in [0.25, 0.3) is 0 Å². The number of aromatic nitrogens is 3. The number of aliphatic imine (C=N–C) groups is 1. The average Bonchev–Trinajstić information content (AvgIpc) is 3.03. The van der Waals surface area contributed by atoms with E-state index in [0.29, 0.717) is 12.6 Å². The van der Waals surface area contributed by atoms with Gasteiger partial charge >= 0.3 is 0 Å². The minimum atomic E-state index is 0.546. The van der Waals surface area contributed by atoms with Gasteiger partial charge in [-0.15, -0.1) is 10.2 Å². The van der Waals surface area contributed by atoms with E-state index in [2.05, 4.69) is 32.7 Å². The van der Waals surface area contributed by atoms with Crippen LogP contribution < -0.4 is 10.6 Å². The van der Waals surface area contributed by atoms with E-state index in [1.165, 1.54) is 64.6 Å². The fourth-order valence-corrected chi connectivity index (χ4v) is 4.13. The number of nitrogens with zero attached hydrogens (tertiary/aromatic N) is 5. The van der Waals surface area contributed by atoms with Crippen LogP contribution in [-0.2, 0) is 13.6 Å². The molecule has 0 aromatic carbocycles. The van der Waals surface area contributed by atoms with Crippen molar-refractivity contribution in [3.05, 3.63) is 11.6 Å². The fraction of sp³-hybridized carbons (Fsp3) is 0.857. The zero-order valence-electron chi connectivity index (χ0n) is 18.1. The van der Waals surface area contributed by atoms with Crippen molar-refractivity contribution in [2.45, 2.75) is 77.8 Å². The van der Waals surface area contributed by atoms with Gasteiger partial charge in [-0.25, -0.2) is 4.99 Å². The van der Waals surface area contributed by atoms with Gasteiger partial charge in [-0.1, -0.05) is 26.2 Å². The normalized spacial score (nSPS) is 20.5. The maximum atomic E-state index is 4.81. The monoisotopic (exact) mass is 389 g/mol. The Hall–Kier alpha value is -1.63. The Balaban J connectivity index is 1.48.